The van der Waals surface area contributed by atoms with E-state index in [-0.39, 0.29) is 0 Å². The summed E-state index contributed by atoms with van der Waals surface area (Å²) in [6.07, 6.45) is 2.12. The van der Waals surface area contributed by atoms with E-state index in [1.54, 1.807) is 0 Å². The minimum Gasteiger partial charge on any atom is -0.433 e. The molecule has 0 aromatic rings. The van der Waals surface area contributed by atoms with Gasteiger partial charge in [0.05, 0.1) is 5.41 Å². The third-order valence-electron chi connectivity index (χ3n) is 0.547. The summed E-state index contributed by atoms with van der Waals surface area (Å²) in [5, 5.41) is 8.00. The van der Waals surface area contributed by atoms with Crippen LogP contribution in [0.15, 0.2) is 0 Å². The zero-order valence-corrected chi connectivity index (χ0v) is 4.39. The standard InChI is InChI=1S/C3H8BN2/c1-6(2)4-3-5/h4H2,1-2H3. The van der Waals surface area contributed by atoms with Crippen molar-refractivity contribution in [2.75, 3.05) is 14.1 Å². The van der Waals surface area contributed by atoms with Crippen LogP contribution in [0.25, 0.3) is 0 Å². The van der Waals surface area contributed by atoms with Gasteiger partial charge >= 0.3 is 7.41 Å². The van der Waals surface area contributed by atoms with Gasteiger partial charge in [-0.15, -0.1) is 0 Å². The highest BCUT2D eigenvalue weighted by Crippen LogP contribution is 1.57. The fraction of sp³-hybridized carbons (Fsp3) is 0.667. The van der Waals surface area contributed by atoms with E-state index in [0.29, 0.717) is 0 Å². The highest BCUT2D eigenvalue weighted by molar-refractivity contribution is 6.64. The van der Waals surface area contributed by atoms with Crippen LogP contribution in [0.1, 0.15) is 0 Å². The smallest absolute Gasteiger partial charge is 0.362 e. The van der Waals surface area contributed by atoms with Gasteiger partial charge in [-0.25, -0.2) is 0 Å². The molecule has 1 radical (unpaired) electrons. The number of hydrogen-bond acceptors (Lipinski definition) is 1. The van der Waals surface area contributed by atoms with Crippen LogP contribution in [-0.2, 0) is 0 Å². The van der Waals surface area contributed by atoms with Gasteiger partial charge in [-0.3, -0.25) is 0 Å². The Bertz CT molecular complexity index is 44.1. The SMILES string of the molecule is CN(C)[BH2-][C+]=[N]. The molecule has 2 nitrogen and oxygen atoms in total. The molecule has 0 heterocycles. The molecule has 0 unspecified atom stereocenters. The lowest BCUT2D eigenvalue weighted by Crippen LogP contribution is -2.18. The van der Waals surface area contributed by atoms with Crippen LogP contribution in [0.2, 0.25) is 0 Å². The van der Waals surface area contributed by atoms with Crippen LogP contribution >= 0.6 is 0 Å². The Labute approximate surface area is 38.9 Å². The minimum absolute atomic E-state index is 0.403. The summed E-state index contributed by atoms with van der Waals surface area (Å²) in [4.78, 5) is 1.94. The van der Waals surface area contributed by atoms with Crippen LogP contribution < -0.4 is 5.41 Å². The maximum atomic E-state index is 8.00. The molecule has 0 atom stereocenters. The minimum atomic E-state index is -0.403. The normalized spacial score (nSPS) is 8.50. The van der Waals surface area contributed by atoms with Crippen molar-refractivity contribution in [3.05, 3.63) is 0 Å². The summed E-state index contributed by atoms with van der Waals surface area (Å²) in [5.74, 6) is 0. The van der Waals surface area contributed by atoms with Gasteiger partial charge in [-0.2, -0.15) is 0 Å². The summed E-state index contributed by atoms with van der Waals surface area (Å²) in [6, 6.07) is 0. The van der Waals surface area contributed by atoms with Gasteiger partial charge in [0.25, 0.3) is 0 Å². The molecule has 0 saturated heterocycles. The van der Waals surface area contributed by atoms with Crippen LogP contribution in [0, 0.1) is 0 Å². The van der Waals surface area contributed by atoms with Crippen LogP contribution in [0.4, 0.5) is 0 Å². The molecule has 0 aromatic carbocycles. The number of hydrogen-bond donors (Lipinski definition) is 0. The lowest BCUT2D eigenvalue weighted by atomic mass is 9.97. The molecular weight excluding hydrogens is 74.9 g/mol. The Morgan fingerprint density at radius 1 is 1.67 bits per heavy atom. The van der Waals surface area contributed by atoms with Crippen LogP contribution in [-0.4, -0.2) is 32.4 Å². The van der Waals surface area contributed by atoms with Crippen molar-refractivity contribution in [1.82, 2.24) is 10.2 Å². The second-order valence-electron chi connectivity index (χ2n) is 1.79. The van der Waals surface area contributed by atoms with Gasteiger partial charge in [0.15, 0.2) is 0 Å². The van der Waals surface area contributed by atoms with Crippen molar-refractivity contribution in [2.24, 2.45) is 0 Å². The molecule has 0 aliphatic carbocycles. The lowest BCUT2D eigenvalue weighted by molar-refractivity contribution is 0.672. The quantitative estimate of drug-likeness (QED) is 0.223. The van der Waals surface area contributed by atoms with Gasteiger partial charge < -0.3 is 4.81 Å². The first-order chi connectivity index (χ1) is 2.77. The van der Waals surface area contributed by atoms with E-state index in [4.69, 9.17) is 5.41 Å². The fourth-order valence-electron chi connectivity index (χ4n) is 0.200. The average molecular weight is 82.9 g/mol. The second kappa shape index (κ2) is 2.82. The predicted molar refractivity (Wildman–Crippen MR) is 29.4 cm³/mol. The Hall–Kier alpha value is -0.395. The van der Waals surface area contributed by atoms with Gasteiger partial charge in [-0.1, -0.05) is 0 Å². The first-order valence-corrected chi connectivity index (χ1v) is 2.07. The molecule has 0 N–H and O–H groups in total. The Morgan fingerprint density at radius 2 is 2.17 bits per heavy atom. The molecule has 6 heavy (non-hydrogen) atoms. The molecule has 0 aliphatic rings. The third-order valence-corrected chi connectivity index (χ3v) is 0.547. The summed E-state index contributed by atoms with van der Waals surface area (Å²) in [6.45, 7) is 0. The Balaban J connectivity index is 2.81. The molecule has 0 rings (SSSR count). The Kier molecular flexibility index (Phi) is 2.64. The summed E-state index contributed by atoms with van der Waals surface area (Å²) >= 11 is 0. The van der Waals surface area contributed by atoms with Gasteiger partial charge in [-0.05, 0) is 14.1 Å². The second-order valence-corrected chi connectivity index (χ2v) is 1.79. The third kappa shape index (κ3) is 3.60. The molecule has 0 aromatic heterocycles. The van der Waals surface area contributed by atoms with E-state index < -0.39 is 7.41 Å². The van der Waals surface area contributed by atoms with E-state index in [1.165, 1.54) is 0 Å². The van der Waals surface area contributed by atoms with E-state index in [1.807, 2.05) is 18.9 Å². The van der Waals surface area contributed by atoms with Crippen molar-refractivity contribution < 1.29 is 0 Å². The van der Waals surface area contributed by atoms with Crippen molar-refractivity contribution in [3.63, 3.8) is 0 Å². The topological polar surface area (TPSA) is 25.5 Å². The van der Waals surface area contributed by atoms with E-state index in [2.05, 4.69) is 6.11 Å². The van der Waals surface area contributed by atoms with Gasteiger partial charge in [0.2, 0.25) is 0 Å². The van der Waals surface area contributed by atoms with Crippen LogP contribution in [0.5, 0.6) is 0 Å². The zero-order chi connectivity index (χ0) is 4.99. The molecule has 0 bridgehead atoms. The average Bonchev–Trinajstić information content (AvgIpc) is 1.35. The fourth-order valence-corrected chi connectivity index (χ4v) is 0.200. The molecule has 33 valence electrons. The van der Waals surface area contributed by atoms with Crippen molar-refractivity contribution >= 4 is 13.5 Å². The van der Waals surface area contributed by atoms with E-state index >= 15 is 0 Å². The highest BCUT2D eigenvalue weighted by Gasteiger charge is 1.86. The maximum absolute atomic E-state index is 8.00. The van der Waals surface area contributed by atoms with Crippen molar-refractivity contribution in [2.45, 2.75) is 0 Å². The van der Waals surface area contributed by atoms with Gasteiger partial charge in [0, 0.05) is 0 Å². The van der Waals surface area contributed by atoms with E-state index in [9.17, 15) is 0 Å². The predicted octanol–water partition coefficient (Wildman–Crippen LogP) is -1.66. The molecule has 0 fully saturated rings. The molecule has 0 spiro atoms. The zero-order valence-electron chi connectivity index (χ0n) is 4.39. The highest BCUT2D eigenvalue weighted by atomic mass is 15.0. The maximum Gasteiger partial charge on any atom is 0.362 e. The molecule has 0 saturated carbocycles. The lowest BCUT2D eigenvalue weighted by Gasteiger charge is -2.00. The van der Waals surface area contributed by atoms with Gasteiger partial charge in [0.1, 0.15) is 6.11 Å². The summed E-state index contributed by atoms with van der Waals surface area (Å²) in [5.41, 5.74) is 0. The molecular formula is C3H8BN2. The number of nitrogens with zero attached hydrogens (tertiary/aromatic N) is 2. The van der Waals surface area contributed by atoms with Crippen molar-refractivity contribution in [3.8, 4) is 0 Å². The van der Waals surface area contributed by atoms with Crippen molar-refractivity contribution in [1.29, 1.82) is 0 Å². The first kappa shape index (κ1) is 5.60. The summed E-state index contributed by atoms with van der Waals surface area (Å²) in [7, 11) is 3.44. The van der Waals surface area contributed by atoms with E-state index in [0.717, 1.165) is 0 Å². The van der Waals surface area contributed by atoms with Crippen LogP contribution in [0.3, 0.4) is 0 Å². The molecule has 0 amide bonds. The monoisotopic (exact) mass is 83.1 g/mol. The molecule has 3 heteroatoms. The summed E-state index contributed by atoms with van der Waals surface area (Å²) < 4.78 is 0. The Morgan fingerprint density at radius 3 is 2.17 bits per heavy atom. The number of rotatable bonds is 2. The largest absolute Gasteiger partial charge is 0.433 e. The first-order valence-electron chi connectivity index (χ1n) is 2.07. The molecule has 0 aliphatic heterocycles.